The van der Waals surface area contributed by atoms with Crippen LogP contribution in [-0.2, 0) is 0 Å². The van der Waals surface area contributed by atoms with E-state index in [0.717, 1.165) is 5.92 Å². The van der Waals surface area contributed by atoms with Crippen molar-refractivity contribution in [3.63, 3.8) is 0 Å². The van der Waals surface area contributed by atoms with Crippen molar-refractivity contribution < 1.29 is 0 Å². The lowest BCUT2D eigenvalue weighted by atomic mass is 9.96. The topological polar surface area (TPSA) is 0 Å². The lowest BCUT2D eigenvalue weighted by molar-refractivity contribution is 0.431. The maximum Gasteiger partial charge on any atom is -0.0275 e. The van der Waals surface area contributed by atoms with Crippen molar-refractivity contribution in [2.24, 2.45) is 5.92 Å². The molecule has 0 amide bonds. The highest BCUT2D eigenvalue weighted by molar-refractivity contribution is 4.74. The predicted octanol–water partition coefficient (Wildman–Crippen LogP) is 8.23. The third kappa shape index (κ3) is 17.6. The molecule has 0 fully saturated rings. The van der Waals surface area contributed by atoms with E-state index in [0.29, 0.717) is 0 Å². The SMILES string of the molecule is C=C=CCCCCCCCC(C)CCCCCCCCCC. The first-order chi connectivity index (χ1) is 10.8. The number of rotatable bonds is 17. The molecule has 0 aliphatic rings. The van der Waals surface area contributed by atoms with Crippen LogP contribution in [-0.4, -0.2) is 0 Å². The van der Waals surface area contributed by atoms with Gasteiger partial charge in [0.1, 0.15) is 0 Å². The van der Waals surface area contributed by atoms with Crippen molar-refractivity contribution >= 4 is 0 Å². The zero-order valence-corrected chi connectivity index (χ0v) is 15.7. The van der Waals surface area contributed by atoms with E-state index in [1.807, 2.05) is 0 Å². The molecule has 1 atom stereocenters. The normalized spacial score (nSPS) is 12.1. The van der Waals surface area contributed by atoms with E-state index in [1.165, 1.54) is 103 Å². The van der Waals surface area contributed by atoms with Crippen molar-refractivity contribution in [3.8, 4) is 0 Å². The molecule has 0 saturated heterocycles. The molecule has 0 aromatic carbocycles. The molecule has 0 N–H and O–H groups in total. The smallest absolute Gasteiger partial charge is 0.0275 e. The van der Waals surface area contributed by atoms with Gasteiger partial charge in [-0.3, -0.25) is 0 Å². The molecule has 0 heteroatoms. The van der Waals surface area contributed by atoms with Gasteiger partial charge in [0.25, 0.3) is 0 Å². The largest absolute Gasteiger partial charge is 0.133 e. The number of hydrogen-bond acceptors (Lipinski definition) is 0. The van der Waals surface area contributed by atoms with Crippen molar-refractivity contribution in [1.29, 1.82) is 0 Å². The molecule has 0 saturated carbocycles. The molecule has 1 unspecified atom stereocenters. The minimum absolute atomic E-state index is 0.948. The van der Waals surface area contributed by atoms with Gasteiger partial charge < -0.3 is 0 Å². The standard InChI is InChI=1S/C22H42/c1-4-6-8-10-12-14-16-18-20-22(3)21-19-17-15-13-11-9-7-5-2/h6,22H,1,5,7-21H2,2-3H3. The van der Waals surface area contributed by atoms with Gasteiger partial charge in [-0.2, -0.15) is 0 Å². The van der Waals surface area contributed by atoms with Crippen LogP contribution < -0.4 is 0 Å². The number of unbranched alkanes of at least 4 members (excludes halogenated alkanes) is 12. The fourth-order valence-electron chi connectivity index (χ4n) is 3.14. The zero-order valence-electron chi connectivity index (χ0n) is 15.7. The second-order valence-corrected chi connectivity index (χ2v) is 7.12. The summed E-state index contributed by atoms with van der Waals surface area (Å²) in [5.74, 6) is 0.948. The van der Waals surface area contributed by atoms with Crippen LogP contribution in [0.1, 0.15) is 117 Å². The first kappa shape index (κ1) is 21.5. The predicted molar refractivity (Wildman–Crippen MR) is 102 cm³/mol. The summed E-state index contributed by atoms with van der Waals surface area (Å²) in [6.07, 6.45) is 24.7. The second-order valence-electron chi connectivity index (χ2n) is 7.12. The van der Waals surface area contributed by atoms with Gasteiger partial charge in [-0.1, -0.05) is 110 Å². The molecular formula is C22H42. The highest BCUT2D eigenvalue weighted by Crippen LogP contribution is 2.18. The molecule has 0 aliphatic carbocycles. The molecule has 0 aromatic rings. The summed E-state index contributed by atoms with van der Waals surface area (Å²) >= 11 is 0. The van der Waals surface area contributed by atoms with Crippen LogP contribution in [0.2, 0.25) is 0 Å². The van der Waals surface area contributed by atoms with Crippen LogP contribution in [0.5, 0.6) is 0 Å². The van der Waals surface area contributed by atoms with Gasteiger partial charge >= 0.3 is 0 Å². The average molecular weight is 307 g/mol. The third-order valence-corrected chi connectivity index (χ3v) is 4.74. The fraction of sp³-hybridized carbons (Fsp3) is 0.864. The van der Waals surface area contributed by atoms with E-state index in [2.05, 4.69) is 32.2 Å². The Kier molecular flexibility index (Phi) is 18.2. The summed E-state index contributed by atoms with van der Waals surface area (Å²) < 4.78 is 0. The molecule has 0 heterocycles. The Labute approximate surface area is 141 Å². The van der Waals surface area contributed by atoms with Gasteiger partial charge in [0.05, 0.1) is 0 Å². The lowest BCUT2D eigenvalue weighted by Gasteiger charge is -2.11. The van der Waals surface area contributed by atoms with E-state index in [4.69, 9.17) is 0 Å². The van der Waals surface area contributed by atoms with Crippen molar-refractivity contribution in [1.82, 2.24) is 0 Å². The van der Waals surface area contributed by atoms with E-state index < -0.39 is 0 Å². The van der Waals surface area contributed by atoms with Gasteiger partial charge in [-0.05, 0) is 24.8 Å². The molecule has 0 spiro atoms. The van der Waals surface area contributed by atoms with Crippen molar-refractivity contribution in [2.45, 2.75) is 117 Å². The van der Waals surface area contributed by atoms with Crippen LogP contribution in [0, 0.1) is 5.92 Å². The summed E-state index contributed by atoms with van der Waals surface area (Å²) in [5, 5.41) is 0. The summed E-state index contributed by atoms with van der Waals surface area (Å²) in [5.41, 5.74) is 2.85. The van der Waals surface area contributed by atoms with Crippen LogP contribution in [0.4, 0.5) is 0 Å². The number of allylic oxidation sites excluding steroid dienone is 1. The Morgan fingerprint density at radius 1 is 0.727 bits per heavy atom. The van der Waals surface area contributed by atoms with E-state index in [9.17, 15) is 0 Å². The van der Waals surface area contributed by atoms with Gasteiger partial charge in [0, 0.05) is 0 Å². The average Bonchev–Trinajstić information content (AvgIpc) is 2.52. The summed E-state index contributed by atoms with van der Waals surface area (Å²) in [6.45, 7) is 8.35. The molecule has 0 aromatic heterocycles. The van der Waals surface area contributed by atoms with Crippen molar-refractivity contribution in [3.05, 3.63) is 18.4 Å². The van der Waals surface area contributed by atoms with Crippen LogP contribution in [0.3, 0.4) is 0 Å². The Hall–Kier alpha value is -0.480. The van der Waals surface area contributed by atoms with Crippen LogP contribution in [0.15, 0.2) is 18.4 Å². The Balaban J connectivity index is 3.16. The Morgan fingerprint density at radius 3 is 1.68 bits per heavy atom. The maximum absolute atomic E-state index is 3.60. The minimum atomic E-state index is 0.948. The van der Waals surface area contributed by atoms with Gasteiger partial charge in [-0.25, -0.2) is 0 Å². The Bertz CT molecular complexity index is 247. The van der Waals surface area contributed by atoms with E-state index >= 15 is 0 Å². The molecular weight excluding hydrogens is 264 g/mol. The van der Waals surface area contributed by atoms with Gasteiger partial charge in [-0.15, -0.1) is 5.73 Å². The molecule has 0 radical (unpaired) electrons. The molecule has 0 nitrogen and oxygen atoms in total. The van der Waals surface area contributed by atoms with Crippen LogP contribution >= 0.6 is 0 Å². The van der Waals surface area contributed by atoms with E-state index in [-0.39, 0.29) is 0 Å². The van der Waals surface area contributed by atoms with Crippen LogP contribution in [0.25, 0.3) is 0 Å². The molecule has 22 heavy (non-hydrogen) atoms. The minimum Gasteiger partial charge on any atom is -0.133 e. The quantitative estimate of drug-likeness (QED) is 0.187. The van der Waals surface area contributed by atoms with Gasteiger partial charge in [0.15, 0.2) is 0 Å². The molecule has 0 aliphatic heterocycles. The highest BCUT2D eigenvalue weighted by atomic mass is 14.1. The van der Waals surface area contributed by atoms with Crippen molar-refractivity contribution in [2.75, 3.05) is 0 Å². The zero-order chi connectivity index (χ0) is 16.3. The third-order valence-electron chi connectivity index (χ3n) is 4.74. The molecule has 0 rings (SSSR count). The summed E-state index contributed by atoms with van der Waals surface area (Å²) in [6, 6.07) is 0. The maximum atomic E-state index is 3.60. The second kappa shape index (κ2) is 18.6. The summed E-state index contributed by atoms with van der Waals surface area (Å²) in [7, 11) is 0. The first-order valence-electron chi connectivity index (χ1n) is 10.2. The monoisotopic (exact) mass is 306 g/mol. The number of hydrogen-bond donors (Lipinski definition) is 0. The highest BCUT2D eigenvalue weighted by Gasteiger charge is 2.02. The fourth-order valence-corrected chi connectivity index (χ4v) is 3.14. The first-order valence-corrected chi connectivity index (χ1v) is 10.2. The Morgan fingerprint density at radius 2 is 1.18 bits per heavy atom. The lowest BCUT2D eigenvalue weighted by Crippen LogP contribution is -1.95. The van der Waals surface area contributed by atoms with E-state index in [1.54, 1.807) is 0 Å². The molecule has 130 valence electrons. The van der Waals surface area contributed by atoms with Gasteiger partial charge in [0.2, 0.25) is 0 Å². The molecule has 0 bridgehead atoms. The summed E-state index contributed by atoms with van der Waals surface area (Å²) in [4.78, 5) is 0.